The highest BCUT2D eigenvalue weighted by molar-refractivity contribution is 5.61. The van der Waals surface area contributed by atoms with Crippen molar-refractivity contribution < 1.29 is 14.4 Å². The Morgan fingerprint density at radius 1 is 1.58 bits per heavy atom. The van der Waals surface area contributed by atoms with Gasteiger partial charge in [0.15, 0.2) is 5.82 Å². The zero-order valence-electron chi connectivity index (χ0n) is 5.82. The van der Waals surface area contributed by atoms with E-state index in [-0.39, 0.29) is 0 Å². The predicted molar refractivity (Wildman–Crippen MR) is 39.1 cm³/mol. The summed E-state index contributed by atoms with van der Waals surface area (Å²) in [4.78, 5) is 9.31. The molecule has 0 aliphatic rings. The molecule has 0 aromatic heterocycles. The molecule has 0 radical (unpaired) electrons. The fraction of sp³-hybridized carbons (Fsp3) is 0. The summed E-state index contributed by atoms with van der Waals surface area (Å²) in [6.45, 7) is 0. The summed E-state index contributed by atoms with van der Waals surface area (Å²) in [5.41, 5.74) is 3.82. The maximum Gasteiger partial charge on any atom is 0.298 e. The third-order valence-electron chi connectivity index (χ3n) is 1.29. The van der Waals surface area contributed by atoms with E-state index in [0.29, 0.717) is 6.07 Å². The van der Waals surface area contributed by atoms with E-state index in [1.54, 1.807) is 0 Å². The van der Waals surface area contributed by atoms with E-state index in [0.717, 1.165) is 6.07 Å². The van der Waals surface area contributed by atoms with Gasteiger partial charge in [0.2, 0.25) is 0 Å². The van der Waals surface area contributed by atoms with Gasteiger partial charge in [-0.2, -0.15) is 0 Å². The fourth-order valence-electron chi connectivity index (χ4n) is 0.740. The van der Waals surface area contributed by atoms with Crippen molar-refractivity contribution in [1.82, 2.24) is 0 Å². The van der Waals surface area contributed by atoms with Crippen LogP contribution in [0.1, 0.15) is 0 Å². The number of nitro groups is 1. The molecule has 12 heavy (non-hydrogen) atoms. The van der Waals surface area contributed by atoms with Crippen LogP contribution in [0, 0.1) is 15.9 Å². The number of halogens is 1. The average Bonchev–Trinajstić information content (AvgIpc) is 1.96. The molecule has 0 fully saturated rings. The smallest absolute Gasteiger partial charge is 0.298 e. The fourth-order valence-corrected chi connectivity index (χ4v) is 0.740. The number of nitrogens with zero attached hydrogens (tertiary/aromatic N) is 1. The number of nitrogen functional groups attached to an aromatic ring is 1. The van der Waals surface area contributed by atoms with Gasteiger partial charge in [-0.1, -0.05) is 0 Å². The first kappa shape index (κ1) is 8.25. The van der Waals surface area contributed by atoms with Crippen molar-refractivity contribution in [3.05, 3.63) is 28.1 Å². The van der Waals surface area contributed by atoms with Crippen LogP contribution < -0.4 is 5.73 Å². The lowest BCUT2D eigenvalue weighted by Gasteiger charge is -1.98. The zero-order chi connectivity index (χ0) is 9.30. The number of rotatable bonds is 1. The Morgan fingerprint density at radius 2 is 2.17 bits per heavy atom. The minimum absolute atomic E-state index is 0.520. The average molecular weight is 172 g/mol. The Morgan fingerprint density at radius 3 is 2.67 bits per heavy atom. The van der Waals surface area contributed by atoms with Gasteiger partial charge in [0, 0.05) is 6.07 Å². The largest absolute Gasteiger partial charge is 0.508 e. The molecule has 1 rings (SSSR count). The highest BCUT2D eigenvalue weighted by Gasteiger charge is 2.16. The molecule has 5 nitrogen and oxygen atoms in total. The molecule has 0 amide bonds. The van der Waals surface area contributed by atoms with Gasteiger partial charge in [-0.05, 0) is 0 Å². The summed E-state index contributed by atoms with van der Waals surface area (Å²) >= 11 is 0. The molecule has 64 valence electrons. The van der Waals surface area contributed by atoms with Gasteiger partial charge >= 0.3 is 0 Å². The van der Waals surface area contributed by atoms with Gasteiger partial charge in [0.25, 0.3) is 5.69 Å². The van der Waals surface area contributed by atoms with Gasteiger partial charge in [-0.3, -0.25) is 10.1 Å². The molecule has 0 bridgehead atoms. The number of hydrogen-bond donors (Lipinski definition) is 2. The van der Waals surface area contributed by atoms with Crippen molar-refractivity contribution in [3.8, 4) is 5.75 Å². The van der Waals surface area contributed by atoms with E-state index in [1.165, 1.54) is 0 Å². The molecule has 1 aromatic rings. The molecular formula is C6H5FN2O3. The molecule has 0 heterocycles. The highest BCUT2D eigenvalue weighted by Crippen LogP contribution is 2.28. The number of aromatic hydroxyl groups is 1. The van der Waals surface area contributed by atoms with Crippen LogP contribution in [-0.4, -0.2) is 10.0 Å². The molecule has 0 saturated carbocycles. The van der Waals surface area contributed by atoms with Crippen LogP contribution in [0.4, 0.5) is 15.8 Å². The Bertz CT molecular complexity index is 340. The van der Waals surface area contributed by atoms with Gasteiger partial charge in [-0.25, -0.2) is 4.39 Å². The van der Waals surface area contributed by atoms with Gasteiger partial charge in [0.1, 0.15) is 11.4 Å². The molecule has 1 aromatic carbocycles. The van der Waals surface area contributed by atoms with Crippen molar-refractivity contribution in [2.45, 2.75) is 0 Å². The van der Waals surface area contributed by atoms with Crippen LogP contribution in [0.15, 0.2) is 12.1 Å². The van der Waals surface area contributed by atoms with E-state index >= 15 is 0 Å². The topological polar surface area (TPSA) is 89.4 Å². The van der Waals surface area contributed by atoms with Crippen molar-refractivity contribution in [2.75, 3.05) is 5.73 Å². The minimum Gasteiger partial charge on any atom is -0.508 e. The second-order valence-electron chi connectivity index (χ2n) is 2.12. The normalized spacial score (nSPS) is 9.75. The quantitative estimate of drug-likeness (QED) is 0.286. The van der Waals surface area contributed by atoms with Crippen LogP contribution in [0.25, 0.3) is 0 Å². The number of nitro benzene ring substituents is 1. The van der Waals surface area contributed by atoms with E-state index in [2.05, 4.69) is 0 Å². The van der Waals surface area contributed by atoms with Crippen molar-refractivity contribution in [1.29, 1.82) is 0 Å². The number of phenolic OH excluding ortho intramolecular Hbond substituents is 1. The maximum atomic E-state index is 12.6. The first-order valence-electron chi connectivity index (χ1n) is 2.94. The molecular weight excluding hydrogens is 167 g/mol. The minimum atomic E-state index is -0.998. The standard InChI is InChI=1S/C6H5FN2O3/c7-4-1-3(10)2-5(6(4)8)9(11)12/h1-2,10H,8H2. The maximum absolute atomic E-state index is 12.6. The van der Waals surface area contributed by atoms with Gasteiger partial charge < -0.3 is 10.8 Å². The number of phenols is 1. The number of nitrogens with two attached hydrogens (primary N) is 1. The first-order chi connectivity index (χ1) is 5.52. The summed E-state index contributed by atoms with van der Waals surface area (Å²) in [7, 11) is 0. The van der Waals surface area contributed by atoms with Crippen molar-refractivity contribution >= 4 is 11.4 Å². The predicted octanol–water partition coefficient (Wildman–Crippen LogP) is 1.02. The van der Waals surface area contributed by atoms with Crippen LogP contribution in [-0.2, 0) is 0 Å². The SMILES string of the molecule is Nc1c(F)cc(O)cc1[N+](=O)[O-]. The third-order valence-corrected chi connectivity index (χ3v) is 1.29. The third kappa shape index (κ3) is 1.26. The molecule has 0 saturated heterocycles. The summed E-state index contributed by atoms with van der Waals surface area (Å²) in [6.07, 6.45) is 0. The molecule has 0 aliphatic carbocycles. The molecule has 3 N–H and O–H groups in total. The monoisotopic (exact) mass is 172 g/mol. The Hall–Kier alpha value is -1.85. The summed E-state index contributed by atoms with van der Waals surface area (Å²) in [5, 5.41) is 18.9. The van der Waals surface area contributed by atoms with Gasteiger partial charge in [-0.15, -0.1) is 0 Å². The lowest BCUT2D eigenvalue weighted by Crippen LogP contribution is -1.98. The molecule has 0 spiro atoms. The number of benzene rings is 1. The Balaban J connectivity index is 3.37. The van der Waals surface area contributed by atoms with Crippen molar-refractivity contribution in [2.24, 2.45) is 0 Å². The van der Waals surface area contributed by atoms with E-state index < -0.39 is 27.9 Å². The van der Waals surface area contributed by atoms with Crippen LogP contribution >= 0.6 is 0 Å². The molecule has 0 unspecified atom stereocenters. The van der Waals surface area contributed by atoms with Crippen molar-refractivity contribution in [3.63, 3.8) is 0 Å². The first-order valence-corrected chi connectivity index (χ1v) is 2.94. The molecule has 6 heteroatoms. The summed E-state index contributed by atoms with van der Waals surface area (Å²) in [5.74, 6) is -1.52. The van der Waals surface area contributed by atoms with E-state index in [4.69, 9.17) is 10.8 Å². The summed E-state index contributed by atoms with van der Waals surface area (Å²) < 4.78 is 12.6. The zero-order valence-corrected chi connectivity index (χ0v) is 5.82. The molecule has 0 atom stereocenters. The second-order valence-corrected chi connectivity index (χ2v) is 2.12. The lowest BCUT2D eigenvalue weighted by atomic mass is 10.2. The summed E-state index contributed by atoms with van der Waals surface area (Å²) in [6, 6.07) is 1.50. The highest BCUT2D eigenvalue weighted by atomic mass is 19.1. The second kappa shape index (κ2) is 2.65. The van der Waals surface area contributed by atoms with Crippen LogP contribution in [0.3, 0.4) is 0 Å². The van der Waals surface area contributed by atoms with Gasteiger partial charge in [0.05, 0.1) is 11.0 Å². The van der Waals surface area contributed by atoms with E-state index in [1.807, 2.05) is 0 Å². The molecule has 0 aliphatic heterocycles. The Kier molecular flexibility index (Phi) is 1.82. The number of anilines is 1. The lowest BCUT2D eigenvalue weighted by molar-refractivity contribution is -0.384. The van der Waals surface area contributed by atoms with Crippen LogP contribution in [0.5, 0.6) is 5.75 Å². The van der Waals surface area contributed by atoms with E-state index in [9.17, 15) is 14.5 Å². The van der Waals surface area contributed by atoms with Crippen LogP contribution in [0.2, 0.25) is 0 Å². The number of hydrogen-bond acceptors (Lipinski definition) is 4. The Labute approximate surface area is 66.4 Å².